The van der Waals surface area contributed by atoms with Crippen LogP contribution in [0.4, 0.5) is 5.82 Å². The molecule has 0 aromatic carbocycles. The first-order chi connectivity index (χ1) is 11.1. The number of anilines is 1. The average Bonchev–Trinajstić information content (AvgIpc) is 2.97. The number of hydrogen-bond donors (Lipinski definition) is 0. The number of nitrogens with zero attached hydrogens (tertiary/aromatic N) is 4. The van der Waals surface area contributed by atoms with E-state index in [0.29, 0.717) is 26.1 Å². The molecule has 2 aliphatic heterocycles. The van der Waals surface area contributed by atoms with Crippen LogP contribution in [0.2, 0.25) is 0 Å². The van der Waals surface area contributed by atoms with Gasteiger partial charge in [0.15, 0.2) is 0 Å². The van der Waals surface area contributed by atoms with Gasteiger partial charge in [0.2, 0.25) is 11.8 Å². The van der Waals surface area contributed by atoms with E-state index in [4.69, 9.17) is 0 Å². The molecule has 0 radical (unpaired) electrons. The van der Waals surface area contributed by atoms with E-state index in [9.17, 15) is 9.59 Å². The molecule has 0 N–H and O–H groups in total. The van der Waals surface area contributed by atoms with Crippen LogP contribution < -0.4 is 4.90 Å². The predicted molar refractivity (Wildman–Crippen MR) is 88.0 cm³/mol. The molecule has 3 heterocycles. The SMILES string of the molecule is CC(C)N1C[C@H](C(=O)N2CCN(c3ccccn3)CC2)CC1=O. The number of pyridine rings is 1. The van der Waals surface area contributed by atoms with Gasteiger partial charge in [-0.3, -0.25) is 9.59 Å². The van der Waals surface area contributed by atoms with Gasteiger partial charge in [-0.15, -0.1) is 0 Å². The highest BCUT2D eigenvalue weighted by atomic mass is 16.2. The minimum Gasteiger partial charge on any atom is -0.353 e. The summed E-state index contributed by atoms with van der Waals surface area (Å²) in [5, 5.41) is 0. The van der Waals surface area contributed by atoms with Gasteiger partial charge in [0.1, 0.15) is 5.82 Å². The zero-order valence-electron chi connectivity index (χ0n) is 13.8. The van der Waals surface area contributed by atoms with Crippen molar-refractivity contribution in [1.82, 2.24) is 14.8 Å². The number of rotatable bonds is 3. The smallest absolute Gasteiger partial charge is 0.228 e. The van der Waals surface area contributed by atoms with E-state index in [-0.39, 0.29) is 23.8 Å². The lowest BCUT2D eigenvalue weighted by atomic mass is 10.1. The molecule has 0 unspecified atom stereocenters. The molecule has 0 spiro atoms. The molecule has 0 bridgehead atoms. The summed E-state index contributed by atoms with van der Waals surface area (Å²) in [6.07, 6.45) is 2.15. The number of amides is 2. The van der Waals surface area contributed by atoms with E-state index in [2.05, 4.69) is 9.88 Å². The van der Waals surface area contributed by atoms with Gasteiger partial charge in [0.05, 0.1) is 5.92 Å². The summed E-state index contributed by atoms with van der Waals surface area (Å²) < 4.78 is 0. The third-order valence-corrected chi connectivity index (χ3v) is 4.70. The largest absolute Gasteiger partial charge is 0.353 e. The molecule has 2 fully saturated rings. The molecular weight excluding hydrogens is 292 g/mol. The van der Waals surface area contributed by atoms with Crippen LogP contribution >= 0.6 is 0 Å². The molecule has 2 saturated heterocycles. The van der Waals surface area contributed by atoms with Crippen molar-refractivity contribution in [2.45, 2.75) is 26.3 Å². The van der Waals surface area contributed by atoms with Crippen molar-refractivity contribution in [3.8, 4) is 0 Å². The van der Waals surface area contributed by atoms with Crippen LogP contribution in [0, 0.1) is 5.92 Å². The fraction of sp³-hybridized carbons (Fsp3) is 0.588. The second-order valence-corrected chi connectivity index (χ2v) is 6.54. The number of carbonyl (C=O) groups excluding carboxylic acids is 2. The van der Waals surface area contributed by atoms with Gasteiger partial charge >= 0.3 is 0 Å². The number of likely N-dealkylation sites (tertiary alicyclic amines) is 1. The molecule has 1 atom stereocenters. The topological polar surface area (TPSA) is 56.8 Å². The first kappa shape index (κ1) is 15.8. The Bertz CT molecular complexity index is 567. The van der Waals surface area contributed by atoms with E-state index in [1.54, 1.807) is 6.20 Å². The Labute approximate surface area is 137 Å². The molecule has 23 heavy (non-hydrogen) atoms. The monoisotopic (exact) mass is 316 g/mol. The highest BCUT2D eigenvalue weighted by molar-refractivity contribution is 5.89. The Hall–Kier alpha value is -2.11. The Kier molecular flexibility index (Phi) is 4.50. The Morgan fingerprint density at radius 1 is 1.22 bits per heavy atom. The predicted octanol–water partition coefficient (Wildman–Crippen LogP) is 0.987. The second-order valence-electron chi connectivity index (χ2n) is 6.54. The lowest BCUT2D eigenvalue weighted by molar-refractivity contribution is -0.136. The van der Waals surface area contributed by atoms with Crippen LogP contribution in [0.25, 0.3) is 0 Å². The molecule has 6 heteroatoms. The molecule has 1 aromatic rings. The van der Waals surface area contributed by atoms with Gasteiger partial charge in [-0.2, -0.15) is 0 Å². The van der Waals surface area contributed by atoms with E-state index in [0.717, 1.165) is 18.9 Å². The van der Waals surface area contributed by atoms with Gasteiger partial charge in [-0.05, 0) is 26.0 Å². The van der Waals surface area contributed by atoms with Crippen molar-refractivity contribution in [1.29, 1.82) is 0 Å². The van der Waals surface area contributed by atoms with Crippen molar-refractivity contribution in [2.24, 2.45) is 5.92 Å². The van der Waals surface area contributed by atoms with Crippen LogP contribution in [0.3, 0.4) is 0 Å². The molecule has 0 aliphatic carbocycles. The van der Waals surface area contributed by atoms with Gasteiger partial charge < -0.3 is 14.7 Å². The van der Waals surface area contributed by atoms with Gasteiger partial charge in [0, 0.05) is 51.4 Å². The van der Waals surface area contributed by atoms with Crippen LogP contribution in [-0.4, -0.2) is 65.4 Å². The van der Waals surface area contributed by atoms with Gasteiger partial charge in [-0.1, -0.05) is 6.07 Å². The van der Waals surface area contributed by atoms with Crippen LogP contribution in [0.5, 0.6) is 0 Å². The Balaban J connectivity index is 1.56. The number of carbonyl (C=O) groups is 2. The molecule has 2 amide bonds. The highest BCUT2D eigenvalue weighted by Crippen LogP contribution is 2.23. The number of aromatic nitrogens is 1. The minimum absolute atomic E-state index is 0.102. The first-order valence-electron chi connectivity index (χ1n) is 8.30. The van der Waals surface area contributed by atoms with Crippen LogP contribution in [0.15, 0.2) is 24.4 Å². The zero-order valence-corrected chi connectivity index (χ0v) is 13.8. The summed E-state index contributed by atoms with van der Waals surface area (Å²) >= 11 is 0. The molecule has 124 valence electrons. The molecule has 3 rings (SSSR count). The molecular formula is C17H24N4O2. The highest BCUT2D eigenvalue weighted by Gasteiger charge is 2.38. The summed E-state index contributed by atoms with van der Waals surface area (Å²) in [6, 6.07) is 6.04. The first-order valence-corrected chi connectivity index (χ1v) is 8.30. The summed E-state index contributed by atoms with van der Waals surface area (Å²) in [5.41, 5.74) is 0. The van der Waals surface area contributed by atoms with Crippen LogP contribution in [-0.2, 0) is 9.59 Å². The van der Waals surface area contributed by atoms with Crippen molar-refractivity contribution in [2.75, 3.05) is 37.6 Å². The maximum atomic E-state index is 12.7. The maximum Gasteiger partial charge on any atom is 0.228 e. The standard InChI is InChI=1S/C17H24N4O2/c1-13(2)21-12-14(11-16(21)22)17(23)20-9-7-19(8-10-20)15-5-3-4-6-18-15/h3-6,13-14H,7-12H2,1-2H3/t14-/m1/s1. The third kappa shape index (κ3) is 3.30. The molecule has 1 aromatic heterocycles. The van der Waals surface area contributed by atoms with E-state index < -0.39 is 0 Å². The lowest BCUT2D eigenvalue weighted by Gasteiger charge is -2.36. The summed E-state index contributed by atoms with van der Waals surface area (Å²) in [4.78, 5) is 34.9. The Morgan fingerprint density at radius 2 is 1.96 bits per heavy atom. The van der Waals surface area contributed by atoms with Crippen molar-refractivity contribution < 1.29 is 9.59 Å². The fourth-order valence-corrected chi connectivity index (χ4v) is 3.35. The van der Waals surface area contributed by atoms with Crippen LogP contribution in [0.1, 0.15) is 20.3 Å². The third-order valence-electron chi connectivity index (χ3n) is 4.70. The Morgan fingerprint density at radius 3 is 2.52 bits per heavy atom. The number of hydrogen-bond acceptors (Lipinski definition) is 4. The zero-order chi connectivity index (χ0) is 16.4. The van der Waals surface area contributed by atoms with Gasteiger partial charge in [-0.25, -0.2) is 4.98 Å². The molecule has 0 saturated carbocycles. The van der Waals surface area contributed by atoms with Crippen molar-refractivity contribution >= 4 is 17.6 Å². The summed E-state index contributed by atoms with van der Waals surface area (Å²) in [6.45, 7) is 7.53. The quantitative estimate of drug-likeness (QED) is 0.834. The van der Waals surface area contributed by atoms with E-state index in [1.165, 1.54) is 0 Å². The minimum atomic E-state index is -0.175. The average molecular weight is 316 g/mol. The lowest BCUT2D eigenvalue weighted by Crippen LogP contribution is -2.51. The normalized spacial score (nSPS) is 22.1. The second kappa shape index (κ2) is 6.56. The van der Waals surface area contributed by atoms with E-state index in [1.807, 2.05) is 41.8 Å². The molecule has 6 nitrogen and oxygen atoms in total. The van der Waals surface area contributed by atoms with Crippen molar-refractivity contribution in [3.63, 3.8) is 0 Å². The van der Waals surface area contributed by atoms with Gasteiger partial charge in [0.25, 0.3) is 0 Å². The summed E-state index contributed by atoms with van der Waals surface area (Å²) in [5.74, 6) is 1.01. The van der Waals surface area contributed by atoms with E-state index >= 15 is 0 Å². The molecule has 2 aliphatic rings. The summed E-state index contributed by atoms with van der Waals surface area (Å²) in [7, 11) is 0. The van der Waals surface area contributed by atoms with Crippen molar-refractivity contribution in [3.05, 3.63) is 24.4 Å². The fourth-order valence-electron chi connectivity index (χ4n) is 3.35. The number of piperazine rings is 1. The maximum absolute atomic E-state index is 12.7.